The summed E-state index contributed by atoms with van der Waals surface area (Å²) in [6.07, 6.45) is 0.530. The van der Waals surface area contributed by atoms with Crippen LogP contribution in [0.1, 0.15) is 50.7 Å². The number of nitrogens with zero attached hydrogens (tertiary/aromatic N) is 4. The first-order chi connectivity index (χ1) is 22.9. The van der Waals surface area contributed by atoms with Crippen molar-refractivity contribution >= 4 is 44.8 Å². The number of fused-ring (bicyclic) bond motifs is 1. The van der Waals surface area contributed by atoms with Gasteiger partial charge in [0.15, 0.2) is 0 Å². The molecule has 1 atom stereocenters. The molecule has 11 nitrogen and oxygen atoms in total. The van der Waals surface area contributed by atoms with Crippen molar-refractivity contribution in [2.45, 2.75) is 56.1 Å². The highest BCUT2D eigenvalue weighted by Crippen LogP contribution is 2.38. The lowest BCUT2D eigenvalue weighted by atomic mass is 9.90. The van der Waals surface area contributed by atoms with E-state index in [2.05, 4.69) is 39.0 Å². The lowest BCUT2D eigenvalue weighted by Gasteiger charge is -2.34. The van der Waals surface area contributed by atoms with Crippen LogP contribution in [0.5, 0.6) is 0 Å². The van der Waals surface area contributed by atoms with Crippen LogP contribution in [0.25, 0.3) is 0 Å². The molecule has 0 saturated carbocycles. The molecule has 0 aromatic heterocycles. The van der Waals surface area contributed by atoms with E-state index in [1.165, 1.54) is 6.07 Å². The van der Waals surface area contributed by atoms with Gasteiger partial charge in [0.05, 0.1) is 16.3 Å². The zero-order valence-electron chi connectivity index (χ0n) is 28.0. The number of amides is 2. The second kappa shape index (κ2) is 13.7. The van der Waals surface area contributed by atoms with Crippen LogP contribution in [-0.2, 0) is 19.6 Å². The highest BCUT2D eigenvalue weighted by atomic mass is 32.2. The van der Waals surface area contributed by atoms with Crippen LogP contribution in [0.3, 0.4) is 0 Å². The molecular formula is C36H44N6O5S. The highest BCUT2D eigenvalue weighted by Gasteiger charge is 2.37. The van der Waals surface area contributed by atoms with E-state index in [1.807, 2.05) is 63.2 Å². The third-order valence-corrected chi connectivity index (χ3v) is 10.5. The number of likely N-dealkylation sites (tertiary alicyclic amines) is 1. The minimum absolute atomic E-state index is 0.0706. The van der Waals surface area contributed by atoms with Gasteiger partial charge in [-0.15, -0.1) is 0 Å². The number of hydrogen-bond donors (Lipinski definition) is 2. The van der Waals surface area contributed by atoms with Crippen LogP contribution in [0.2, 0.25) is 0 Å². The molecule has 3 aromatic carbocycles. The number of likely N-dealkylation sites (N-methyl/N-ethyl adjacent to an activating group) is 1. The topological polar surface area (TPSA) is 124 Å². The molecule has 2 N–H and O–H groups in total. The number of carbonyl (C=O) groups excluding carboxylic acids is 2. The van der Waals surface area contributed by atoms with Gasteiger partial charge in [0, 0.05) is 56.7 Å². The third kappa shape index (κ3) is 7.72. The number of nitrogens with one attached hydrogen (secondary N) is 2. The summed E-state index contributed by atoms with van der Waals surface area (Å²) in [7, 11) is -1.80. The predicted molar refractivity (Wildman–Crippen MR) is 188 cm³/mol. The third-order valence-electron chi connectivity index (χ3n) is 8.94. The number of sulfonamides is 1. The van der Waals surface area contributed by atoms with Crippen molar-refractivity contribution in [3.63, 3.8) is 0 Å². The van der Waals surface area contributed by atoms with Crippen LogP contribution < -0.4 is 14.9 Å². The van der Waals surface area contributed by atoms with Crippen molar-refractivity contribution in [3.8, 4) is 0 Å². The maximum atomic E-state index is 13.6. The SMILES string of the molecule is CN1CCN(c2ccc(N=C(c3ccccc3)C3C(=O)Nc4ccc(S(=O)(=O)NC5CCN(C(=O)OC(C)(C)C)CC5)cc43)cc2)CC1. The Morgan fingerprint density at radius 3 is 2.23 bits per heavy atom. The fourth-order valence-corrected chi connectivity index (χ4v) is 7.66. The molecule has 0 spiro atoms. The molecule has 254 valence electrons. The first-order valence-electron chi connectivity index (χ1n) is 16.5. The Morgan fingerprint density at radius 1 is 0.917 bits per heavy atom. The molecule has 48 heavy (non-hydrogen) atoms. The van der Waals surface area contributed by atoms with Crippen molar-refractivity contribution in [3.05, 3.63) is 83.9 Å². The highest BCUT2D eigenvalue weighted by molar-refractivity contribution is 7.89. The molecule has 3 aliphatic heterocycles. The minimum Gasteiger partial charge on any atom is -0.444 e. The van der Waals surface area contributed by atoms with Gasteiger partial charge in [-0.05, 0) is 94.3 Å². The van der Waals surface area contributed by atoms with Crippen LogP contribution in [0.4, 0.5) is 21.9 Å². The zero-order valence-corrected chi connectivity index (χ0v) is 28.8. The Hall–Kier alpha value is -4.26. The minimum atomic E-state index is -3.93. The number of ether oxygens (including phenoxy) is 1. The molecule has 1 unspecified atom stereocenters. The summed E-state index contributed by atoms with van der Waals surface area (Å²) in [4.78, 5) is 37.4. The number of benzene rings is 3. The fraction of sp³-hybridized carbons (Fsp3) is 0.417. The molecule has 0 bridgehead atoms. The first-order valence-corrected chi connectivity index (χ1v) is 18.0. The Balaban J connectivity index is 1.23. The summed E-state index contributed by atoms with van der Waals surface area (Å²) in [6, 6.07) is 21.9. The van der Waals surface area contributed by atoms with Crippen molar-refractivity contribution in [2.75, 3.05) is 56.5 Å². The molecule has 3 aliphatic rings. The number of carbonyl (C=O) groups is 2. The van der Waals surface area contributed by atoms with Gasteiger partial charge in [-0.25, -0.2) is 17.9 Å². The van der Waals surface area contributed by atoms with Crippen molar-refractivity contribution in [1.29, 1.82) is 0 Å². The number of rotatable bonds is 7. The Kier molecular flexibility index (Phi) is 9.60. The number of piperidine rings is 1. The lowest BCUT2D eigenvalue weighted by molar-refractivity contribution is -0.115. The number of hydrogen-bond acceptors (Lipinski definition) is 8. The van der Waals surface area contributed by atoms with Gasteiger partial charge < -0.3 is 24.8 Å². The fourth-order valence-electron chi connectivity index (χ4n) is 6.32. The number of piperazine rings is 1. The van der Waals surface area contributed by atoms with Gasteiger partial charge in [-0.1, -0.05) is 30.3 Å². The summed E-state index contributed by atoms with van der Waals surface area (Å²) in [5.41, 5.74) is 3.66. The quantitative estimate of drug-likeness (QED) is 0.340. The van der Waals surface area contributed by atoms with Crippen molar-refractivity contribution in [1.82, 2.24) is 14.5 Å². The van der Waals surface area contributed by atoms with E-state index >= 15 is 0 Å². The first kappa shape index (κ1) is 33.6. The lowest BCUT2D eigenvalue weighted by Crippen LogP contribution is -2.47. The van der Waals surface area contributed by atoms with Gasteiger partial charge in [-0.3, -0.25) is 9.79 Å². The molecule has 2 amide bonds. The molecule has 0 aliphatic carbocycles. The van der Waals surface area contributed by atoms with Gasteiger partial charge in [-0.2, -0.15) is 0 Å². The predicted octanol–water partition coefficient (Wildman–Crippen LogP) is 4.97. The van der Waals surface area contributed by atoms with Crippen molar-refractivity contribution in [2.24, 2.45) is 4.99 Å². The summed E-state index contributed by atoms with van der Waals surface area (Å²) in [6.45, 7) is 10.2. The van der Waals surface area contributed by atoms with Gasteiger partial charge in [0.25, 0.3) is 0 Å². The standard InChI is InChI=1S/C36H44N6O5S/c1-36(2,3)47-35(44)42-18-16-27(17-19-42)39-48(45,46)29-14-15-31-30(24-29)32(34(43)38-31)33(25-8-6-5-7-9-25)37-26-10-12-28(13-11-26)41-22-20-40(4)21-23-41/h5-15,24,27,32,39H,16-23H2,1-4H3,(H,38,43). The summed E-state index contributed by atoms with van der Waals surface area (Å²) < 4.78 is 35.6. The van der Waals surface area contributed by atoms with E-state index in [0.29, 0.717) is 48.6 Å². The Morgan fingerprint density at radius 2 is 1.58 bits per heavy atom. The molecule has 0 radical (unpaired) electrons. The van der Waals surface area contributed by atoms with E-state index < -0.39 is 27.6 Å². The van der Waals surface area contributed by atoms with E-state index in [9.17, 15) is 18.0 Å². The van der Waals surface area contributed by atoms with Gasteiger partial charge in [0.1, 0.15) is 11.5 Å². The van der Waals surface area contributed by atoms with E-state index in [0.717, 1.165) is 37.4 Å². The smallest absolute Gasteiger partial charge is 0.410 e. The maximum absolute atomic E-state index is 13.6. The van der Waals surface area contributed by atoms with Crippen LogP contribution >= 0.6 is 0 Å². The van der Waals surface area contributed by atoms with Crippen LogP contribution in [0, 0.1) is 0 Å². The van der Waals surface area contributed by atoms with Crippen LogP contribution in [0.15, 0.2) is 82.7 Å². The van der Waals surface area contributed by atoms with Gasteiger partial charge in [0.2, 0.25) is 15.9 Å². The monoisotopic (exact) mass is 672 g/mol. The van der Waals surface area contributed by atoms with Crippen LogP contribution in [-0.4, -0.2) is 93.9 Å². The second-order valence-electron chi connectivity index (χ2n) is 13.7. The summed E-state index contributed by atoms with van der Waals surface area (Å²) in [5.74, 6) is -1.08. The molecule has 2 saturated heterocycles. The van der Waals surface area contributed by atoms with E-state index in [1.54, 1.807) is 17.0 Å². The Labute approximate surface area is 283 Å². The number of anilines is 2. The second-order valence-corrected chi connectivity index (χ2v) is 15.4. The average Bonchev–Trinajstić information content (AvgIpc) is 3.39. The van der Waals surface area contributed by atoms with Crippen molar-refractivity contribution < 1.29 is 22.7 Å². The maximum Gasteiger partial charge on any atom is 0.410 e. The largest absolute Gasteiger partial charge is 0.444 e. The van der Waals surface area contributed by atoms with Gasteiger partial charge >= 0.3 is 6.09 Å². The molecule has 12 heteroatoms. The van der Waals surface area contributed by atoms with E-state index in [4.69, 9.17) is 9.73 Å². The molecular weight excluding hydrogens is 628 g/mol. The molecule has 6 rings (SSSR count). The van der Waals surface area contributed by atoms with E-state index in [-0.39, 0.29) is 16.8 Å². The molecule has 3 heterocycles. The summed E-state index contributed by atoms with van der Waals surface area (Å²) >= 11 is 0. The molecule has 3 aromatic rings. The number of aliphatic imine (C=N–C) groups is 1. The zero-order chi connectivity index (χ0) is 34.1. The normalized spacial score (nSPS) is 19.6. The average molecular weight is 673 g/mol. The molecule has 2 fully saturated rings. The Bertz CT molecular complexity index is 1770. The summed E-state index contributed by atoms with van der Waals surface area (Å²) in [5, 5.41) is 2.94.